The topological polar surface area (TPSA) is 46.5 Å². The summed E-state index contributed by atoms with van der Waals surface area (Å²) in [7, 11) is 0. The highest BCUT2D eigenvalue weighted by Crippen LogP contribution is 2.28. The van der Waals surface area contributed by atoms with E-state index in [9.17, 15) is 9.18 Å². The van der Waals surface area contributed by atoms with Gasteiger partial charge in [-0.15, -0.1) is 0 Å². The Labute approximate surface area is 81.1 Å². The first-order valence-corrected chi connectivity index (χ1v) is 4.23. The fraction of sp³-hybridized carbons (Fsp3) is 0.300. The van der Waals surface area contributed by atoms with Gasteiger partial charge in [0.25, 0.3) is 0 Å². The lowest BCUT2D eigenvalue weighted by molar-refractivity contribution is 0.100. The number of phenols is 1. The summed E-state index contributed by atoms with van der Waals surface area (Å²) in [5, 5.41) is 9.06. The summed E-state index contributed by atoms with van der Waals surface area (Å²) < 4.78 is 18.3. The minimum absolute atomic E-state index is 0.162. The zero-order chi connectivity index (χ0) is 10.7. The van der Waals surface area contributed by atoms with Crippen LogP contribution in [0.3, 0.4) is 0 Å². The van der Waals surface area contributed by atoms with E-state index < -0.39 is 17.3 Å². The smallest absolute Gasteiger partial charge is 0.179 e. The van der Waals surface area contributed by atoms with Gasteiger partial charge in [0.05, 0.1) is 12.2 Å². The molecule has 0 fully saturated rings. The Bertz CT molecular complexity index is 361. The molecule has 0 bridgehead atoms. The molecule has 76 valence electrons. The van der Waals surface area contributed by atoms with E-state index in [-0.39, 0.29) is 11.3 Å². The number of aromatic hydroxyl groups is 1. The van der Waals surface area contributed by atoms with Crippen molar-refractivity contribution in [3.8, 4) is 11.5 Å². The molecule has 0 aliphatic rings. The van der Waals surface area contributed by atoms with Crippen LogP contribution < -0.4 is 4.74 Å². The van der Waals surface area contributed by atoms with E-state index in [1.165, 1.54) is 13.0 Å². The normalized spacial score (nSPS) is 9.93. The number of ketones is 1. The molecule has 1 rings (SSSR count). The third kappa shape index (κ3) is 1.84. The second kappa shape index (κ2) is 4.09. The van der Waals surface area contributed by atoms with Gasteiger partial charge < -0.3 is 9.84 Å². The number of phenolic OH excluding ortho intramolecular Hbond substituents is 1. The Morgan fingerprint density at radius 1 is 1.57 bits per heavy atom. The fourth-order valence-corrected chi connectivity index (χ4v) is 1.15. The van der Waals surface area contributed by atoms with Crippen LogP contribution in [0.2, 0.25) is 0 Å². The number of benzene rings is 1. The average molecular weight is 198 g/mol. The molecular weight excluding hydrogens is 187 g/mol. The number of rotatable bonds is 3. The Morgan fingerprint density at radius 3 is 2.71 bits per heavy atom. The minimum Gasteiger partial charge on any atom is -0.505 e. The average Bonchev–Trinajstić information content (AvgIpc) is 2.11. The molecule has 0 unspecified atom stereocenters. The summed E-state index contributed by atoms with van der Waals surface area (Å²) in [6.07, 6.45) is 0. The predicted octanol–water partition coefficient (Wildman–Crippen LogP) is 2.13. The fourth-order valence-electron chi connectivity index (χ4n) is 1.15. The second-order valence-electron chi connectivity index (χ2n) is 2.76. The quantitative estimate of drug-likeness (QED) is 0.757. The van der Waals surface area contributed by atoms with Crippen molar-refractivity contribution in [2.24, 2.45) is 0 Å². The van der Waals surface area contributed by atoms with Gasteiger partial charge in [-0.3, -0.25) is 4.79 Å². The third-order valence-electron chi connectivity index (χ3n) is 1.74. The molecule has 14 heavy (non-hydrogen) atoms. The second-order valence-corrected chi connectivity index (χ2v) is 2.76. The number of hydrogen-bond donors (Lipinski definition) is 1. The van der Waals surface area contributed by atoms with Crippen molar-refractivity contribution in [2.75, 3.05) is 6.61 Å². The zero-order valence-electron chi connectivity index (χ0n) is 8.00. The van der Waals surface area contributed by atoms with E-state index in [1.54, 1.807) is 6.92 Å². The maximum Gasteiger partial charge on any atom is 0.179 e. The Morgan fingerprint density at radius 2 is 2.21 bits per heavy atom. The molecule has 0 aromatic heterocycles. The van der Waals surface area contributed by atoms with Gasteiger partial charge in [-0.2, -0.15) is 0 Å². The lowest BCUT2D eigenvalue weighted by Crippen LogP contribution is -2.03. The number of carbonyl (C=O) groups excluding carboxylic acids is 1. The highest BCUT2D eigenvalue weighted by Gasteiger charge is 2.17. The summed E-state index contributed by atoms with van der Waals surface area (Å²) >= 11 is 0. The molecule has 0 radical (unpaired) electrons. The van der Waals surface area contributed by atoms with Gasteiger partial charge >= 0.3 is 0 Å². The van der Waals surface area contributed by atoms with Crippen LogP contribution in [0.5, 0.6) is 11.5 Å². The third-order valence-corrected chi connectivity index (χ3v) is 1.74. The van der Waals surface area contributed by atoms with Gasteiger partial charge in [-0.1, -0.05) is 0 Å². The van der Waals surface area contributed by atoms with E-state index in [0.29, 0.717) is 6.61 Å². The number of ether oxygens (including phenoxy) is 1. The lowest BCUT2D eigenvalue weighted by Gasteiger charge is -2.09. The summed E-state index contributed by atoms with van der Waals surface area (Å²) in [5.74, 6) is -1.78. The largest absolute Gasteiger partial charge is 0.505 e. The summed E-state index contributed by atoms with van der Waals surface area (Å²) in [4.78, 5) is 11.1. The van der Waals surface area contributed by atoms with Gasteiger partial charge in [-0.25, -0.2) is 4.39 Å². The van der Waals surface area contributed by atoms with E-state index >= 15 is 0 Å². The van der Waals surface area contributed by atoms with Crippen molar-refractivity contribution in [1.82, 2.24) is 0 Å². The highest BCUT2D eigenvalue weighted by atomic mass is 19.1. The maximum atomic E-state index is 13.3. The first-order chi connectivity index (χ1) is 6.57. The molecule has 0 amide bonds. The van der Waals surface area contributed by atoms with Crippen LogP contribution in [0.4, 0.5) is 4.39 Å². The van der Waals surface area contributed by atoms with Crippen LogP contribution in [0.15, 0.2) is 12.1 Å². The zero-order valence-corrected chi connectivity index (χ0v) is 8.00. The lowest BCUT2D eigenvalue weighted by atomic mass is 10.1. The van der Waals surface area contributed by atoms with Crippen LogP contribution in [0.1, 0.15) is 24.2 Å². The van der Waals surface area contributed by atoms with Gasteiger partial charge in [0.15, 0.2) is 17.3 Å². The van der Waals surface area contributed by atoms with Crippen molar-refractivity contribution >= 4 is 5.78 Å². The van der Waals surface area contributed by atoms with Crippen LogP contribution in [-0.2, 0) is 0 Å². The summed E-state index contributed by atoms with van der Waals surface area (Å²) in [5.41, 5.74) is -0.202. The summed E-state index contributed by atoms with van der Waals surface area (Å²) in [6, 6.07) is 2.53. The first kappa shape index (κ1) is 10.5. The molecule has 0 saturated carbocycles. The summed E-state index contributed by atoms with van der Waals surface area (Å²) in [6.45, 7) is 3.29. The number of Topliss-reactive ketones (excluding diaryl/α,β-unsaturated/α-hetero) is 1. The molecule has 1 N–H and O–H groups in total. The SMILES string of the molecule is CCOc1ccc(O)c(F)c1C(C)=O. The molecule has 0 heterocycles. The molecule has 4 heteroatoms. The Kier molecular flexibility index (Phi) is 3.06. The number of halogens is 1. The van der Waals surface area contributed by atoms with Crippen LogP contribution >= 0.6 is 0 Å². The Hall–Kier alpha value is -1.58. The molecule has 0 aliphatic carbocycles. The molecule has 0 aliphatic heterocycles. The van der Waals surface area contributed by atoms with Crippen molar-refractivity contribution in [3.63, 3.8) is 0 Å². The van der Waals surface area contributed by atoms with E-state index in [1.807, 2.05) is 0 Å². The van der Waals surface area contributed by atoms with E-state index in [4.69, 9.17) is 9.84 Å². The molecular formula is C10H11FO3. The van der Waals surface area contributed by atoms with Crippen LogP contribution in [0.25, 0.3) is 0 Å². The Balaban J connectivity index is 3.30. The highest BCUT2D eigenvalue weighted by molar-refractivity contribution is 5.97. The van der Waals surface area contributed by atoms with E-state index in [0.717, 1.165) is 6.07 Å². The molecule has 1 aromatic carbocycles. The number of hydrogen-bond acceptors (Lipinski definition) is 3. The van der Waals surface area contributed by atoms with Gasteiger partial charge in [0, 0.05) is 0 Å². The van der Waals surface area contributed by atoms with Crippen molar-refractivity contribution in [1.29, 1.82) is 0 Å². The van der Waals surface area contributed by atoms with Crippen LogP contribution in [0, 0.1) is 5.82 Å². The van der Waals surface area contributed by atoms with Gasteiger partial charge in [0.2, 0.25) is 0 Å². The first-order valence-electron chi connectivity index (χ1n) is 4.23. The standard InChI is InChI=1S/C10H11FO3/c1-3-14-8-5-4-7(13)10(11)9(8)6(2)12/h4-5,13H,3H2,1-2H3. The van der Waals surface area contributed by atoms with Crippen molar-refractivity contribution < 1.29 is 19.0 Å². The van der Waals surface area contributed by atoms with Crippen molar-refractivity contribution in [2.45, 2.75) is 13.8 Å². The molecule has 0 spiro atoms. The molecule has 3 nitrogen and oxygen atoms in total. The maximum absolute atomic E-state index is 13.3. The molecule has 1 aromatic rings. The number of carbonyl (C=O) groups is 1. The minimum atomic E-state index is -0.927. The van der Waals surface area contributed by atoms with Crippen LogP contribution in [-0.4, -0.2) is 17.5 Å². The van der Waals surface area contributed by atoms with E-state index in [2.05, 4.69) is 0 Å². The van der Waals surface area contributed by atoms with Gasteiger partial charge in [0.1, 0.15) is 5.75 Å². The van der Waals surface area contributed by atoms with Crippen molar-refractivity contribution in [3.05, 3.63) is 23.5 Å². The molecule has 0 atom stereocenters. The van der Waals surface area contributed by atoms with Gasteiger partial charge in [-0.05, 0) is 26.0 Å². The predicted molar refractivity (Wildman–Crippen MR) is 49.2 cm³/mol. The molecule has 0 saturated heterocycles. The monoisotopic (exact) mass is 198 g/mol.